The lowest BCUT2D eigenvalue weighted by atomic mass is 10.1. The van der Waals surface area contributed by atoms with Crippen LogP contribution in [-0.2, 0) is 4.79 Å². The van der Waals surface area contributed by atoms with Crippen molar-refractivity contribution in [3.63, 3.8) is 0 Å². The Hall–Kier alpha value is -3.75. The van der Waals surface area contributed by atoms with E-state index in [1.54, 1.807) is 45.4 Å². The first-order valence-corrected chi connectivity index (χ1v) is 8.88. The molecule has 0 bridgehead atoms. The van der Waals surface area contributed by atoms with Crippen LogP contribution in [0.2, 0.25) is 0 Å². The average molecular weight is 399 g/mol. The molecule has 0 aliphatic rings. The number of ether oxygens (including phenoxy) is 1. The highest BCUT2D eigenvalue weighted by Gasteiger charge is 2.24. The average Bonchev–Trinajstić information content (AvgIpc) is 3.11. The Morgan fingerprint density at radius 3 is 2.38 bits per heavy atom. The second kappa shape index (κ2) is 7.70. The molecule has 0 radical (unpaired) electrons. The summed E-state index contributed by atoms with van der Waals surface area (Å²) in [7, 11) is 1.57. The number of fused-ring (bicyclic) bond motifs is 1. The molecule has 0 aliphatic heterocycles. The summed E-state index contributed by atoms with van der Waals surface area (Å²) in [6, 6.07) is 8.58. The molecule has 9 heteroatoms. The van der Waals surface area contributed by atoms with Gasteiger partial charge in [-0.1, -0.05) is 12.1 Å². The monoisotopic (exact) mass is 399 g/mol. The minimum absolute atomic E-state index is 0.254. The molecule has 1 amide bonds. The van der Waals surface area contributed by atoms with Gasteiger partial charge in [0, 0.05) is 17.8 Å². The van der Waals surface area contributed by atoms with Crippen LogP contribution in [0.5, 0.6) is 11.5 Å². The van der Waals surface area contributed by atoms with Gasteiger partial charge in [-0.05, 0) is 37.6 Å². The summed E-state index contributed by atoms with van der Waals surface area (Å²) in [4.78, 5) is 36.0. The zero-order valence-electron chi connectivity index (χ0n) is 16.2. The van der Waals surface area contributed by atoms with E-state index in [2.05, 4.69) is 5.32 Å². The Kier molecular flexibility index (Phi) is 5.31. The number of benzene rings is 1. The van der Waals surface area contributed by atoms with Gasteiger partial charge in [-0.25, -0.2) is 4.68 Å². The number of hydrogen-bond donors (Lipinski definition) is 3. The molecule has 0 saturated heterocycles. The van der Waals surface area contributed by atoms with Crippen molar-refractivity contribution in [2.45, 2.75) is 19.9 Å². The molecule has 0 aliphatic carbocycles. The molecular formula is C20H21N3O6. The Bertz CT molecular complexity index is 1140. The van der Waals surface area contributed by atoms with Crippen LogP contribution in [0.4, 0.5) is 0 Å². The van der Waals surface area contributed by atoms with E-state index in [0.29, 0.717) is 5.75 Å². The van der Waals surface area contributed by atoms with E-state index in [1.807, 2.05) is 12.1 Å². The van der Waals surface area contributed by atoms with Crippen molar-refractivity contribution >= 4 is 17.4 Å². The lowest BCUT2D eigenvalue weighted by Gasteiger charge is -2.16. The van der Waals surface area contributed by atoms with Crippen molar-refractivity contribution in [3.8, 4) is 22.6 Å². The molecule has 3 rings (SSSR count). The van der Waals surface area contributed by atoms with E-state index in [1.165, 1.54) is 9.20 Å². The molecule has 0 atom stereocenters. The molecule has 0 saturated carbocycles. The molecular weight excluding hydrogens is 378 g/mol. The third kappa shape index (κ3) is 3.66. The predicted molar refractivity (Wildman–Crippen MR) is 106 cm³/mol. The van der Waals surface area contributed by atoms with Crippen molar-refractivity contribution in [2.75, 3.05) is 13.7 Å². The summed E-state index contributed by atoms with van der Waals surface area (Å²) in [5, 5.41) is 21.5. The number of carboxylic acids is 1. The summed E-state index contributed by atoms with van der Waals surface area (Å²) in [5.74, 6) is -2.02. The highest BCUT2D eigenvalue weighted by Crippen LogP contribution is 2.30. The number of carbonyl (C=O) groups excluding carboxylic acids is 1. The molecule has 0 unspecified atom stereocenters. The first kappa shape index (κ1) is 20.0. The van der Waals surface area contributed by atoms with E-state index in [0.717, 1.165) is 11.1 Å². The quantitative estimate of drug-likeness (QED) is 0.582. The van der Waals surface area contributed by atoms with Crippen LogP contribution < -0.4 is 15.6 Å². The van der Waals surface area contributed by atoms with Gasteiger partial charge in [0.1, 0.15) is 23.4 Å². The number of aliphatic carboxylic acids is 1. The Labute approximate surface area is 165 Å². The normalized spacial score (nSPS) is 11.0. The van der Waals surface area contributed by atoms with Gasteiger partial charge in [0.25, 0.3) is 11.5 Å². The number of methoxy groups -OCH3 is 1. The molecule has 152 valence electrons. The number of aromatic nitrogens is 2. The largest absolute Gasteiger partial charge is 0.505 e. The number of rotatable bonds is 6. The highest BCUT2D eigenvalue weighted by molar-refractivity contribution is 6.00. The molecule has 2 aromatic heterocycles. The second-order valence-electron chi connectivity index (χ2n) is 6.73. The number of nitrogens with zero attached hydrogens (tertiary/aromatic N) is 2. The van der Waals surface area contributed by atoms with Crippen LogP contribution in [-0.4, -0.2) is 44.9 Å². The third-order valence-electron chi connectivity index (χ3n) is 4.47. The van der Waals surface area contributed by atoms with E-state index < -0.39 is 35.3 Å². The fourth-order valence-corrected chi connectivity index (χ4v) is 3.12. The Morgan fingerprint density at radius 1 is 1.17 bits per heavy atom. The number of carboxylic acid groups (broad SMARTS) is 1. The van der Waals surface area contributed by atoms with Gasteiger partial charge < -0.3 is 20.3 Å². The van der Waals surface area contributed by atoms with Gasteiger partial charge in [-0.3, -0.25) is 18.9 Å². The van der Waals surface area contributed by atoms with Gasteiger partial charge in [0.15, 0.2) is 5.75 Å². The first-order chi connectivity index (χ1) is 13.7. The van der Waals surface area contributed by atoms with Crippen molar-refractivity contribution in [1.82, 2.24) is 14.5 Å². The first-order valence-electron chi connectivity index (χ1n) is 8.88. The van der Waals surface area contributed by atoms with Crippen LogP contribution in [0.3, 0.4) is 0 Å². The van der Waals surface area contributed by atoms with Crippen LogP contribution >= 0.6 is 0 Å². The van der Waals surface area contributed by atoms with E-state index in [4.69, 9.17) is 9.84 Å². The molecule has 0 fully saturated rings. The fraction of sp³-hybridized carbons (Fsp3) is 0.250. The topological polar surface area (TPSA) is 122 Å². The molecule has 29 heavy (non-hydrogen) atoms. The summed E-state index contributed by atoms with van der Waals surface area (Å²) < 4.78 is 7.98. The summed E-state index contributed by atoms with van der Waals surface area (Å²) in [6.07, 6.45) is 1.69. The zero-order valence-corrected chi connectivity index (χ0v) is 16.2. The minimum Gasteiger partial charge on any atom is -0.505 e. The number of aromatic hydroxyl groups is 1. The zero-order chi connectivity index (χ0) is 21.3. The lowest BCUT2D eigenvalue weighted by Crippen LogP contribution is -2.38. The summed E-state index contributed by atoms with van der Waals surface area (Å²) in [5.41, 5.74) is 0.592. The molecule has 3 aromatic rings. The molecule has 3 N–H and O–H groups in total. The SMILES string of the molecule is COc1ccc(-c2cc3c(O)c(C(=O)NCC(=O)O)c(=O)n(C(C)C)n3c2)cc1. The van der Waals surface area contributed by atoms with Gasteiger partial charge in [0.05, 0.1) is 7.11 Å². The maximum Gasteiger partial charge on any atom is 0.322 e. The number of carbonyl (C=O) groups is 2. The van der Waals surface area contributed by atoms with Crippen LogP contribution in [0, 0.1) is 0 Å². The van der Waals surface area contributed by atoms with Gasteiger partial charge in [-0.2, -0.15) is 0 Å². The van der Waals surface area contributed by atoms with Crippen molar-refractivity contribution < 1.29 is 24.5 Å². The Balaban J connectivity index is 2.21. The van der Waals surface area contributed by atoms with Gasteiger partial charge in [-0.15, -0.1) is 0 Å². The van der Waals surface area contributed by atoms with Crippen LogP contribution in [0.25, 0.3) is 16.6 Å². The summed E-state index contributed by atoms with van der Waals surface area (Å²) >= 11 is 0. The maximum absolute atomic E-state index is 12.9. The third-order valence-corrected chi connectivity index (χ3v) is 4.47. The number of nitrogens with one attached hydrogen (secondary N) is 1. The molecule has 9 nitrogen and oxygen atoms in total. The highest BCUT2D eigenvalue weighted by atomic mass is 16.5. The molecule has 0 spiro atoms. The standard InChI is InChI=1S/C20H21N3O6/c1-11(2)23-20(28)17(19(27)21-9-16(24)25)18(26)15-8-13(10-22(15)23)12-4-6-14(29-3)7-5-12/h4-8,10-11,26H,9H2,1-3H3,(H,21,27)(H,24,25). The van der Waals surface area contributed by atoms with Crippen molar-refractivity contribution in [3.05, 3.63) is 52.4 Å². The second-order valence-corrected chi connectivity index (χ2v) is 6.73. The number of hydrogen-bond acceptors (Lipinski definition) is 5. The maximum atomic E-state index is 12.9. The van der Waals surface area contributed by atoms with Crippen molar-refractivity contribution in [2.24, 2.45) is 0 Å². The predicted octanol–water partition coefficient (Wildman–Crippen LogP) is 1.88. The minimum atomic E-state index is -1.26. The van der Waals surface area contributed by atoms with E-state index in [-0.39, 0.29) is 11.6 Å². The molecule has 2 heterocycles. The van der Waals surface area contributed by atoms with Gasteiger partial charge >= 0.3 is 5.97 Å². The van der Waals surface area contributed by atoms with E-state index in [9.17, 15) is 19.5 Å². The van der Waals surface area contributed by atoms with Crippen molar-refractivity contribution in [1.29, 1.82) is 0 Å². The van der Waals surface area contributed by atoms with Gasteiger partial charge in [0.2, 0.25) is 0 Å². The molecule has 1 aromatic carbocycles. The fourth-order valence-electron chi connectivity index (χ4n) is 3.12. The van der Waals surface area contributed by atoms with E-state index >= 15 is 0 Å². The number of amides is 1. The summed E-state index contributed by atoms with van der Waals surface area (Å²) in [6.45, 7) is 2.87. The lowest BCUT2D eigenvalue weighted by molar-refractivity contribution is -0.135. The Morgan fingerprint density at radius 2 is 1.83 bits per heavy atom. The van der Waals surface area contributed by atoms with Crippen LogP contribution in [0.1, 0.15) is 30.2 Å². The van der Waals surface area contributed by atoms with Crippen LogP contribution in [0.15, 0.2) is 41.3 Å². The smallest absolute Gasteiger partial charge is 0.322 e.